The van der Waals surface area contributed by atoms with Gasteiger partial charge in [0.25, 0.3) is 5.91 Å². The molecule has 2 aromatic rings. The zero-order valence-corrected chi connectivity index (χ0v) is 10.3. The Labute approximate surface area is 103 Å². The number of carbonyl (C=O) groups is 1. The Morgan fingerprint density at radius 1 is 1.47 bits per heavy atom. The number of carbonyl (C=O) groups excluding carboxylic acids is 1. The number of thiophene rings is 1. The summed E-state index contributed by atoms with van der Waals surface area (Å²) in [5.74, 6) is -0.152. The van der Waals surface area contributed by atoms with Crippen LogP contribution < -0.4 is 11.1 Å². The fourth-order valence-electron chi connectivity index (χ4n) is 1.45. The summed E-state index contributed by atoms with van der Waals surface area (Å²) in [7, 11) is 0. The molecule has 0 unspecified atom stereocenters. The molecule has 4 nitrogen and oxygen atoms in total. The van der Waals surface area contributed by atoms with Gasteiger partial charge in [-0.15, -0.1) is 11.3 Å². The molecular formula is C12H13N3OS. The van der Waals surface area contributed by atoms with Gasteiger partial charge in [0.05, 0.1) is 17.9 Å². The minimum Gasteiger partial charge on any atom is -0.397 e. The zero-order valence-electron chi connectivity index (χ0n) is 9.43. The molecule has 0 radical (unpaired) electrons. The standard InChI is InChI=1S/C12H13N3OS/c1-8-3-2-4-9(15-8)7-14-12(16)11-10(13)5-6-17-11/h2-6H,7,13H2,1H3,(H,14,16). The number of pyridine rings is 1. The summed E-state index contributed by atoms with van der Waals surface area (Å²) >= 11 is 1.34. The molecule has 2 aromatic heterocycles. The molecule has 5 heteroatoms. The highest BCUT2D eigenvalue weighted by molar-refractivity contribution is 7.12. The van der Waals surface area contributed by atoms with Crippen molar-refractivity contribution in [3.05, 3.63) is 45.9 Å². The van der Waals surface area contributed by atoms with Crippen molar-refractivity contribution >= 4 is 22.9 Å². The molecule has 88 valence electrons. The van der Waals surface area contributed by atoms with Gasteiger partial charge >= 0.3 is 0 Å². The van der Waals surface area contributed by atoms with Crippen LogP contribution >= 0.6 is 11.3 Å². The summed E-state index contributed by atoms with van der Waals surface area (Å²) in [5.41, 5.74) is 7.97. The highest BCUT2D eigenvalue weighted by Gasteiger charge is 2.10. The van der Waals surface area contributed by atoms with E-state index in [2.05, 4.69) is 10.3 Å². The molecular weight excluding hydrogens is 234 g/mol. The van der Waals surface area contributed by atoms with Gasteiger partial charge in [0.2, 0.25) is 0 Å². The van der Waals surface area contributed by atoms with Crippen molar-refractivity contribution in [1.82, 2.24) is 10.3 Å². The van der Waals surface area contributed by atoms with Gasteiger partial charge in [0, 0.05) is 5.69 Å². The van der Waals surface area contributed by atoms with E-state index < -0.39 is 0 Å². The fraction of sp³-hybridized carbons (Fsp3) is 0.167. The molecule has 0 atom stereocenters. The number of aryl methyl sites for hydroxylation is 1. The van der Waals surface area contributed by atoms with Crippen LogP contribution in [0.5, 0.6) is 0 Å². The van der Waals surface area contributed by atoms with Crippen LogP contribution in [0, 0.1) is 6.92 Å². The molecule has 0 saturated carbocycles. The van der Waals surface area contributed by atoms with Crippen LogP contribution in [0.1, 0.15) is 21.1 Å². The maximum Gasteiger partial charge on any atom is 0.263 e. The quantitative estimate of drug-likeness (QED) is 0.871. The Hall–Kier alpha value is -1.88. The summed E-state index contributed by atoms with van der Waals surface area (Å²) < 4.78 is 0. The molecule has 2 rings (SSSR count). The summed E-state index contributed by atoms with van der Waals surface area (Å²) in [6.45, 7) is 2.33. The first-order chi connectivity index (χ1) is 8.16. The van der Waals surface area contributed by atoms with Crippen molar-refractivity contribution in [2.45, 2.75) is 13.5 Å². The van der Waals surface area contributed by atoms with Gasteiger partial charge in [-0.1, -0.05) is 6.07 Å². The van der Waals surface area contributed by atoms with E-state index in [1.807, 2.05) is 25.1 Å². The monoisotopic (exact) mass is 247 g/mol. The van der Waals surface area contributed by atoms with E-state index in [0.29, 0.717) is 17.1 Å². The van der Waals surface area contributed by atoms with Crippen molar-refractivity contribution in [1.29, 1.82) is 0 Å². The van der Waals surface area contributed by atoms with Crippen molar-refractivity contribution in [3.63, 3.8) is 0 Å². The summed E-state index contributed by atoms with van der Waals surface area (Å²) in [6, 6.07) is 7.45. The molecule has 1 amide bonds. The predicted molar refractivity (Wildman–Crippen MR) is 68.9 cm³/mol. The zero-order chi connectivity index (χ0) is 12.3. The third kappa shape index (κ3) is 2.82. The molecule has 3 N–H and O–H groups in total. The van der Waals surface area contributed by atoms with E-state index in [0.717, 1.165) is 11.4 Å². The van der Waals surface area contributed by atoms with Gasteiger partial charge in [0.1, 0.15) is 4.88 Å². The number of rotatable bonds is 3. The largest absolute Gasteiger partial charge is 0.397 e. The third-order valence-corrected chi connectivity index (χ3v) is 3.21. The number of anilines is 1. The molecule has 0 spiro atoms. The molecule has 0 aliphatic rings. The van der Waals surface area contributed by atoms with Crippen LogP contribution in [-0.2, 0) is 6.54 Å². The number of aromatic nitrogens is 1. The number of nitrogens with zero attached hydrogens (tertiary/aromatic N) is 1. The lowest BCUT2D eigenvalue weighted by Gasteiger charge is -2.04. The topological polar surface area (TPSA) is 68.0 Å². The Morgan fingerprint density at radius 2 is 2.29 bits per heavy atom. The number of amides is 1. The summed E-state index contributed by atoms with van der Waals surface area (Å²) in [4.78, 5) is 16.6. The molecule has 0 fully saturated rings. The second-order valence-corrected chi connectivity index (χ2v) is 4.57. The van der Waals surface area contributed by atoms with E-state index in [1.165, 1.54) is 11.3 Å². The number of hydrogen-bond donors (Lipinski definition) is 2. The van der Waals surface area contributed by atoms with Gasteiger partial charge in [0.15, 0.2) is 0 Å². The van der Waals surface area contributed by atoms with Crippen LogP contribution in [0.2, 0.25) is 0 Å². The average molecular weight is 247 g/mol. The van der Waals surface area contributed by atoms with Crippen LogP contribution in [-0.4, -0.2) is 10.9 Å². The first-order valence-electron chi connectivity index (χ1n) is 5.20. The Morgan fingerprint density at radius 3 is 2.94 bits per heavy atom. The number of nitrogens with two attached hydrogens (primary N) is 1. The Balaban J connectivity index is 1.99. The Bertz CT molecular complexity index is 536. The van der Waals surface area contributed by atoms with Crippen LogP contribution in [0.15, 0.2) is 29.6 Å². The highest BCUT2D eigenvalue weighted by atomic mass is 32.1. The lowest BCUT2D eigenvalue weighted by atomic mass is 10.3. The lowest BCUT2D eigenvalue weighted by molar-refractivity contribution is 0.0955. The first-order valence-corrected chi connectivity index (χ1v) is 6.08. The summed E-state index contributed by atoms with van der Waals surface area (Å²) in [5, 5.41) is 4.60. The molecule has 0 saturated heterocycles. The smallest absolute Gasteiger partial charge is 0.263 e. The van der Waals surface area contributed by atoms with Crippen LogP contribution in [0.4, 0.5) is 5.69 Å². The lowest BCUT2D eigenvalue weighted by Crippen LogP contribution is -2.23. The minimum atomic E-state index is -0.152. The van der Waals surface area contributed by atoms with Crippen molar-refractivity contribution in [2.75, 3.05) is 5.73 Å². The molecule has 0 aliphatic carbocycles. The number of nitrogens with one attached hydrogen (secondary N) is 1. The van der Waals surface area contributed by atoms with E-state index in [-0.39, 0.29) is 5.91 Å². The molecule has 0 bridgehead atoms. The number of nitrogen functional groups attached to an aromatic ring is 1. The predicted octanol–water partition coefficient (Wildman–Crippen LogP) is 1.96. The van der Waals surface area contributed by atoms with Crippen molar-refractivity contribution < 1.29 is 4.79 Å². The van der Waals surface area contributed by atoms with Gasteiger partial charge in [-0.3, -0.25) is 9.78 Å². The molecule has 0 aromatic carbocycles. The normalized spacial score (nSPS) is 10.2. The van der Waals surface area contributed by atoms with Crippen LogP contribution in [0.25, 0.3) is 0 Å². The van der Waals surface area contributed by atoms with Crippen LogP contribution in [0.3, 0.4) is 0 Å². The maximum atomic E-state index is 11.8. The minimum absolute atomic E-state index is 0.152. The van der Waals surface area contributed by atoms with Crippen molar-refractivity contribution in [3.8, 4) is 0 Å². The van der Waals surface area contributed by atoms with Crippen molar-refractivity contribution in [2.24, 2.45) is 0 Å². The van der Waals surface area contributed by atoms with Gasteiger partial charge in [-0.2, -0.15) is 0 Å². The highest BCUT2D eigenvalue weighted by Crippen LogP contribution is 2.18. The van der Waals surface area contributed by atoms with Gasteiger partial charge in [-0.25, -0.2) is 0 Å². The fourth-order valence-corrected chi connectivity index (χ4v) is 2.19. The summed E-state index contributed by atoms with van der Waals surface area (Å²) in [6.07, 6.45) is 0. The Kier molecular flexibility index (Phi) is 3.39. The first kappa shape index (κ1) is 11.6. The van der Waals surface area contributed by atoms with E-state index in [9.17, 15) is 4.79 Å². The second kappa shape index (κ2) is 4.97. The maximum absolute atomic E-state index is 11.8. The second-order valence-electron chi connectivity index (χ2n) is 3.66. The molecule has 2 heterocycles. The average Bonchev–Trinajstić information content (AvgIpc) is 2.72. The third-order valence-electron chi connectivity index (χ3n) is 2.28. The number of hydrogen-bond acceptors (Lipinski definition) is 4. The van der Waals surface area contributed by atoms with Gasteiger partial charge in [-0.05, 0) is 30.5 Å². The van der Waals surface area contributed by atoms with Gasteiger partial charge < -0.3 is 11.1 Å². The molecule has 17 heavy (non-hydrogen) atoms. The van der Waals surface area contributed by atoms with E-state index >= 15 is 0 Å². The van der Waals surface area contributed by atoms with E-state index in [1.54, 1.807) is 11.4 Å². The van der Waals surface area contributed by atoms with E-state index in [4.69, 9.17) is 5.73 Å². The SMILES string of the molecule is Cc1cccc(CNC(=O)c2sccc2N)n1. The molecule has 0 aliphatic heterocycles.